The van der Waals surface area contributed by atoms with E-state index in [-0.39, 0.29) is 0 Å². The van der Waals surface area contributed by atoms with E-state index in [1.807, 2.05) is 12.4 Å². The molecule has 4 atom stereocenters. The monoisotopic (exact) mass is 322 g/mol. The molecule has 0 radical (unpaired) electrons. The number of fused-ring (bicyclic) bond motifs is 1. The van der Waals surface area contributed by atoms with Crippen molar-refractivity contribution < 1.29 is 4.74 Å². The number of nitrogens with one attached hydrogen (secondary N) is 1. The van der Waals surface area contributed by atoms with Crippen molar-refractivity contribution >= 4 is 0 Å². The molecule has 2 fully saturated rings. The second kappa shape index (κ2) is 6.94. The predicted octanol–water partition coefficient (Wildman–Crippen LogP) is 4.15. The summed E-state index contributed by atoms with van der Waals surface area (Å²) in [4.78, 5) is 4.11. The smallest absolute Gasteiger partial charge is 0.118 e. The molecule has 1 N–H and O–H groups in total. The van der Waals surface area contributed by atoms with Gasteiger partial charge in [-0.25, -0.2) is 0 Å². The highest BCUT2D eigenvalue weighted by Crippen LogP contribution is 2.54. The lowest BCUT2D eigenvalue weighted by Crippen LogP contribution is -2.57. The number of methoxy groups -OCH3 is 1. The number of aromatic nitrogens is 1. The second-order valence-corrected chi connectivity index (χ2v) is 7.17. The quantitative estimate of drug-likeness (QED) is 0.898. The molecule has 4 rings (SSSR count). The van der Waals surface area contributed by atoms with Gasteiger partial charge in [0.15, 0.2) is 0 Å². The molecule has 24 heavy (non-hydrogen) atoms. The van der Waals surface area contributed by atoms with Crippen LogP contribution in [-0.2, 0) is 6.54 Å². The summed E-state index contributed by atoms with van der Waals surface area (Å²) in [6.45, 7) is 0.934. The van der Waals surface area contributed by atoms with Crippen molar-refractivity contribution in [2.45, 2.75) is 44.2 Å². The fourth-order valence-corrected chi connectivity index (χ4v) is 4.76. The maximum atomic E-state index is 5.32. The van der Waals surface area contributed by atoms with E-state index < -0.39 is 0 Å². The van der Waals surface area contributed by atoms with Crippen LogP contribution in [0.3, 0.4) is 0 Å². The van der Waals surface area contributed by atoms with Crippen LogP contribution in [0.4, 0.5) is 0 Å². The highest BCUT2D eigenvalue weighted by molar-refractivity contribution is 5.33. The van der Waals surface area contributed by atoms with Crippen LogP contribution in [0.5, 0.6) is 5.75 Å². The van der Waals surface area contributed by atoms with E-state index in [4.69, 9.17) is 4.74 Å². The standard InChI is InChI=1S/C21H26N2O/c1-24-17-8-6-16(7-9-17)20-18-4-2-3-5-19(18)21(20)23-14-15-10-12-22-13-11-15/h6-13,18-21,23H,2-5,14H2,1H3/t18-,19-,20+,21+/m1/s1. The van der Waals surface area contributed by atoms with Gasteiger partial charge >= 0.3 is 0 Å². The minimum Gasteiger partial charge on any atom is -0.497 e. The molecule has 0 saturated heterocycles. The summed E-state index contributed by atoms with van der Waals surface area (Å²) in [7, 11) is 1.73. The Kier molecular flexibility index (Phi) is 4.52. The van der Waals surface area contributed by atoms with E-state index >= 15 is 0 Å². The van der Waals surface area contributed by atoms with Crippen LogP contribution >= 0.6 is 0 Å². The zero-order chi connectivity index (χ0) is 16.4. The molecule has 2 saturated carbocycles. The third-order valence-corrected chi connectivity index (χ3v) is 5.98. The Morgan fingerprint density at radius 2 is 1.71 bits per heavy atom. The molecule has 0 amide bonds. The van der Waals surface area contributed by atoms with Gasteiger partial charge in [-0.2, -0.15) is 0 Å². The normalized spacial score (nSPS) is 28.7. The molecule has 1 aromatic carbocycles. The van der Waals surface area contributed by atoms with Gasteiger partial charge in [-0.15, -0.1) is 0 Å². The number of hydrogen-bond acceptors (Lipinski definition) is 3. The first-order valence-corrected chi connectivity index (χ1v) is 9.13. The largest absolute Gasteiger partial charge is 0.497 e. The molecule has 2 aliphatic rings. The van der Waals surface area contributed by atoms with Crippen molar-refractivity contribution in [3.63, 3.8) is 0 Å². The molecule has 1 heterocycles. The Bertz CT molecular complexity index is 655. The maximum Gasteiger partial charge on any atom is 0.118 e. The summed E-state index contributed by atoms with van der Waals surface area (Å²) >= 11 is 0. The number of benzene rings is 1. The fraction of sp³-hybridized carbons (Fsp3) is 0.476. The van der Waals surface area contributed by atoms with Crippen molar-refractivity contribution in [3.8, 4) is 5.75 Å². The summed E-state index contributed by atoms with van der Waals surface area (Å²) in [5.74, 6) is 3.28. The summed E-state index contributed by atoms with van der Waals surface area (Å²) in [5, 5.41) is 3.85. The number of pyridine rings is 1. The molecule has 2 aliphatic carbocycles. The first kappa shape index (κ1) is 15.6. The SMILES string of the molecule is COc1ccc([C@H]2[C@@H]3CCCC[C@H]3[C@@H]2NCc2ccncc2)cc1. The van der Waals surface area contributed by atoms with Crippen molar-refractivity contribution in [3.05, 3.63) is 59.9 Å². The zero-order valence-corrected chi connectivity index (χ0v) is 14.3. The van der Waals surface area contributed by atoms with Gasteiger partial charge in [0.1, 0.15) is 5.75 Å². The third kappa shape index (κ3) is 2.93. The van der Waals surface area contributed by atoms with Crippen LogP contribution in [0.15, 0.2) is 48.8 Å². The molecule has 2 aromatic rings. The minimum atomic E-state index is 0.594. The van der Waals surface area contributed by atoms with E-state index in [1.165, 1.54) is 36.8 Å². The molecular weight excluding hydrogens is 296 g/mol. The van der Waals surface area contributed by atoms with E-state index in [0.29, 0.717) is 12.0 Å². The van der Waals surface area contributed by atoms with E-state index in [9.17, 15) is 0 Å². The summed E-state index contributed by atoms with van der Waals surface area (Å²) in [5.41, 5.74) is 2.78. The van der Waals surface area contributed by atoms with Crippen molar-refractivity contribution in [2.24, 2.45) is 11.8 Å². The average molecular weight is 322 g/mol. The van der Waals surface area contributed by atoms with Crippen molar-refractivity contribution in [1.82, 2.24) is 10.3 Å². The van der Waals surface area contributed by atoms with Crippen LogP contribution in [0.2, 0.25) is 0 Å². The van der Waals surface area contributed by atoms with E-state index in [0.717, 1.165) is 24.1 Å². The van der Waals surface area contributed by atoms with Gasteiger partial charge in [-0.05, 0) is 60.1 Å². The zero-order valence-electron chi connectivity index (χ0n) is 14.3. The lowest BCUT2D eigenvalue weighted by Gasteiger charge is -2.55. The molecule has 3 heteroatoms. The van der Waals surface area contributed by atoms with Gasteiger partial charge < -0.3 is 10.1 Å². The van der Waals surface area contributed by atoms with Crippen LogP contribution in [0, 0.1) is 11.8 Å². The fourth-order valence-electron chi connectivity index (χ4n) is 4.76. The van der Waals surface area contributed by atoms with Crippen LogP contribution in [0.1, 0.15) is 42.7 Å². The third-order valence-electron chi connectivity index (χ3n) is 5.98. The first-order valence-electron chi connectivity index (χ1n) is 9.13. The van der Waals surface area contributed by atoms with Gasteiger partial charge in [0, 0.05) is 30.9 Å². The number of nitrogens with zero attached hydrogens (tertiary/aromatic N) is 1. The summed E-state index contributed by atoms with van der Waals surface area (Å²) < 4.78 is 5.32. The van der Waals surface area contributed by atoms with Gasteiger partial charge in [-0.3, -0.25) is 4.98 Å². The lowest BCUT2D eigenvalue weighted by molar-refractivity contribution is 0.0254. The Morgan fingerprint density at radius 3 is 2.42 bits per heavy atom. The Balaban J connectivity index is 1.50. The molecule has 126 valence electrons. The molecule has 0 spiro atoms. The molecular formula is C21H26N2O. The van der Waals surface area contributed by atoms with Crippen molar-refractivity contribution in [2.75, 3.05) is 7.11 Å². The van der Waals surface area contributed by atoms with Crippen LogP contribution in [0.25, 0.3) is 0 Å². The number of hydrogen-bond donors (Lipinski definition) is 1. The first-order chi connectivity index (χ1) is 11.9. The number of ether oxygens (including phenoxy) is 1. The highest BCUT2D eigenvalue weighted by atomic mass is 16.5. The Labute approximate surface area is 144 Å². The van der Waals surface area contributed by atoms with E-state index in [1.54, 1.807) is 7.11 Å². The van der Waals surface area contributed by atoms with Crippen LogP contribution in [-0.4, -0.2) is 18.1 Å². The van der Waals surface area contributed by atoms with E-state index in [2.05, 4.69) is 46.7 Å². The minimum absolute atomic E-state index is 0.594. The molecule has 0 aliphatic heterocycles. The summed E-state index contributed by atoms with van der Waals surface area (Å²) in [6.07, 6.45) is 9.30. The molecule has 3 nitrogen and oxygen atoms in total. The highest BCUT2D eigenvalue weighted by Gasteiger charge is 2.50. The van der Waals surface area contributed by atoms with Gasteiger partial charge in [0.25, 0.3) is 0 Å². The van der Waals surface area contributed by atoms with Gasteiger partial charge in [0.2, 0.25) is 0 Å². The topological polar surface area (TPSA) is 34.1 Å². The second-order valence-electron chi connectivity index (χ2n) is 7.17. The molecule has 0 bridgehead atoms. The predicted molar refractivity (Wildman–Crippen MR) is 96.0 cm³/mol. The number of rotatable bonds is 5. The van der Waals surface area contributed by atoms with Crippen LogP contribution < -0.4 is 10.1 Å². The Hall–Kier alpha value is -1.87. The lowest BCUT2D eigenvalue weighted by atomic mass is 9.53. The average Bonchev–Trinajstić information content (AvgIpc) is 2.64. The van der Waals surface area contributed by atoms with Gasteiger partial charge in [0.05, 0.1) is 7.11 Å². The molecule has 0 unspecified atom stereocenters. The Morgan fingerprint density at radius 1 is 1.00 bits per heavy atom. The maximum absolute atomic E-state index is 5.32. The van der Waals surface area contributed by atoms with Gasteiger partial charge in [-0.1, -0.05) is 25.0 Å². The van der Waals surface area contributed by atoms with Crippen molar-refractivity contribution in [1.29, 1.82) is 0 Å². The molecule has 1 aromatic heterocycles. The summed E-state index contributed by atoms with van der Waals surface area (Å²) in [6, 6.07) is 13.5.